The lowest BCUT2D eigenvalue weighted by molar-refractivity contribution is -0.118. The minimum Gasteiger partial charge on any atom is -0.396 e. The SMILES string of the molecule is N#CCNC(=O)CSc1ccc(N)c(F)c1. The van der Waals surface area contributed by atoms with E-state index < -0.39 is 5.82 Å². The highest BCUT2D eigenvalue weighted by molar-refractivity contribution is 8.00. The molecule has 0 unspecified atom stereocenters. The molecule has 0 aromatic heterocycles. The minimum atomic E-state index is -0.498. The van der Waals surface area contributed by atoms with E-state index in [-0.39, 0.29) is 23.9 Å². The van der Waals surface area contributed by atoms with E-state index in [4.69, 9.17) is 11.0 Å². The quantitative estimate of drug-likeness (QED) is 0.469. The van der Waals surface area contributed by atoms with Crippen LogP contribution in [-0.4, -0.2) is 18.2 Å². The number of nitrogens with zero attached hydrogens (tertiary/aromatic N) is 1. The number of amides is 1. The summed E-state index contributed by atoms with van der Waals surface area (Å²) >= 11 is 1.18. The van der Waals surface area contributed by atoms with Gasteiger partial charge in [-0.25, -0.2) is 4.39 Å². The predicted molar refractivity (Wildman–Crippen MR) is 60.2 cm³/mol. The number of halogens is 1. The highest BCUT2D eigenvalue weighted by Crippen LogP contribution is 2.21. The van der Waals surface area contributed by atoms with Crippen LogP contribution >= 0.6 is 11.8 Å². The molecule has 0 spiro atoms. The van der Waals surface area contributed by atoms with Crippen molar-refractivity contribution in [2.24, 2.45) is 0 Å². The molecule has 0 aliphatic rings. The van der Waals surface area contributed by atoms with Gasteiger partial charge in [0.05, 0.1) is 17.5 Å². The smallest absolute Gasteiger partial charge is 0.231 e. The number of hydrogen-bond acceptors (Lipinski definition) is 4. The van der Waals surface area contributed by atoms with Crippen LogP contribution in [0.5, 0.6) is 0 Å². The monoisotopic (exact) mass is 239 g/mol. The Hall–Kier alpha value is -1.74. The number of nitriles is 1. The maximum Gasteiger partial charge on any atom is 0.231 e. The van der Waals surface area contributed by atoms with E-state index >= 15 is 0 Å². The van der Waals surface area contributed by atoms with Gasteiger partial charge in [-0.2, -0.15) is 5.26 Å². The molecule has 1 rings (SSSR count). The summed E-state index contributed by atoms with van der Waals surface area (Å²) in [6.07, 6.45) is 0. The van der Waals surface area contributed by atoms with Crippen molar-refractivity contribution >= 4 is 23.4 Å². The standard InChI is InChI=1S/C10H10FN3OS/c11-8-5-7(1-2-9(8)13)16-6-10(15)14-4-3-12/h1-2,5H,4,6,13H2,(H,14,15). The number of carbonyl (C=O) groups excluding carboxylic acids is 1. The lowest BCUT2D eigenvalue weighted by Crippen LogP contribution is -2.25. The van der Waals surface area contributed by atoms with E-state index in [1.54, 1.807) is 12.1 Å². The highest BCUT2D eigenvalue weighted by Gasteiger charge is 2.04. The van der Waals surface area contributed by atoms with Crippen LogP contribution in [0.15, 0.2) is 23.1 Å². The molecular weight excluding hydrogens is 229 g/mol. The molecule has 16 heavy (non-hydrogen) atoms. The van der Waals surface area contributed by atoms with Crippen molar-refractivity contribution in [2.75, 3.05) is 18.0 Å². The van der Waals surface area contributed by atoms with Crippen molar-refractivity contribution in [1.82, 2.24) is 5.32 Å². The molecule has 0 fully saturated rings. The molecule has 3 N–H and O–H groups in total. The first-order valence-electron chi connectivity index (χ1n) is 4.45. The van der Waals surface area contributed by atoms with Gasteiger partial charge in [0.25, 0.3) is 0 Å². The fraction of sp³-hybridized carbons (Fsp3) is 0.200. The zero-order valence-electron chi connectivity index (χ0n) is 8.37. The Bertz CT molecular complexity index is 431. The zero-order chi connectivity index (χ0) is 12.0. The van der Waals surface area contributed by atoms with Crippen molar-refractivity contribution in [2.45, 2.75) is 4.90 Å². The minimum absolute atomic E-state index is 0.0184. The van der Waals surface area contributed by atoms with Gasteiger partial charge in [-0.15, -0.1) is 11.8 Å². The van der Waals surface area contributed by atoms with E-state index in [2.05, 4.69) is 5.32 Å². The van der Waals surface area contributed by atoms with Crippen molar-refractivity contribution in [3.8, 4) is 6.07 Å². The normalized spacial score (nSPS) is 9.50. The molecular formula is C10H10FN3OS. The van der Waals surface area contributed by atoms with Gasteiger partial charge in [-0.3, -0.25) is 4.79 Å². The number of anilines is 1. The number of nitrogen functional groups attached to an aromatic ring is 1. The molecule has 4 nitrogen and oxygen atoms in total. The van der Waals surface area contributed by atoms with Gasteiger partial charge >= 0.3 is 0 Å². The van der Waals surface area contributed by atoms with Crippen molar-refractivity contribution in [1.29, 1.82) is 5.26 Å². The second kappa shape index (κ2) is 5.98. The third-order valence-electron chi connectivity index (χ3n) is 1.71. The maximum absolute atomic E-state index is 13.0. The Kier molecular flexibility index (Phi) is 4.61. The number of thioether (sulfide) groups is 1. The Morgan fingerprint density at radius 1 is 1.62 bits per heavy atom. The molecule has 0 atom stereocenters. The third-order valence-corrected chi connectivity index (χ3v) is 2.70. The fourth-order valence-electron chi connectivity index (χ4n) is 0.936. The Balaban J connectivity index is 2.46. The van der Waals surface area contributed by atoms with Crippen molar-refractivity contribution < 1.29 is 9.18 Å². The van der Waals surface area contributed by atoms with Crippen LogP contribution in [-0.2, 0) is 4.79 Å². The molecule has 0 aliphatic carbocycles. The molecule has 1 aromatic carbocycles. The average molecular weight is 239 g/mol. The number of nitrogens with one attached hydrogen (secondary N) is 1. The van der Waals surface area contributed by atoms with Gasteiger partial charge in [0, 0.05) is 4.90 Å². The van der Waals surface area contributed by atoms with E-state index in [1.807, 2.05) is 0 Å². The van der Waals surface area contributed by atoms with E-state index in [9.17, 15) is 9.18 Å². The van der Waals surface area contributed by atoms with Crippen LogP contribution < -0.4 is 11.1 Å². The molecule has 0 saturated heterocycles. The summed E-state index contributed by atoms with van der Waals surface area (Å²) in [5, 5.41) is 10.6. The van der Waals surface area contributed by atoms with Gasteiger partial charge in [0.2, 0.25) is 5.91 Å². The summed E-state index contributed by atoms with van der Waals surface area (Å²) in [6, 6.07) is 6.16. The van der Waals surface area contributed by atoms with Gasteiger partial charge in [0.1, 0.15) is 12.4 Å². The lowest BCUT2D eigenvalue weighted by atomic mass is 10.3. The van der Waals surface area contributed by atoms with Crippen LogP contribution in [0.2, 0.25) is 0 Å². The summed E-state index contributed by atoms with van der Waals surface area (Å²) in [5.74, 6) is -0.614. The van der Waals surface area contributed by atoms with Crippen LogP contribution in [0.1, 0.15) is 0 Å². The second-order valence-corrected chi connectivity index (χ2v) is 3.96. The van der Waals surface area contributed by atoms with Gasteiger partial charge in [-0.05, 0) is 18.2 Å². The Morgan fingerprint density at radius 3 is 3.00 bits per heavy atom. The summed E-state index contributed by atoms with van der Waals surface area (Å²) in [5.41, 5.74) is 5.39. The maximum atomic E-state index is 13.0. The third kappa shape index (κ3) is 3.79. The first-order chi connectivity index (χ1) is 7.63. The summed E-state index contributed by atoms with van der Waals surface area (Å²) < 4.78 is 13.0. The van der Waals surface area contributed by atoms with Crippen LogP contribution in [0.25, 0.3) is 0 Å². The highest BCUT2D eigenvalue weighted by atomic mass is 32.2. The van der Waals surface area contributed by atoms with Crippen LogP contribution in [0.3, 0.4) is 0 Å². The molecule has 1 amide bonds. The Labute approximate surface area is 96.6 Å². The first-order valence-corrected chi connectivity index (χ1v) is 5.43. The number of rotatable bonds is 4. The number of benzene rings is 1. The van der Waals surface area contributed by atoms with Crippen LogP contribution in [0.4, 0.5) is 10.1 Å². The molecule has 0 bridgehead atoms. The zero-order valence-corrected chi connectivity index (χ0v) is 9.18. The van der Waals surface area contributed by atoms with Crippen molar-refractivity contribution in [3.63, 3.8) is 0 Å². The molecule has 0 heterocycles. The van der Waals surface area contributed by atoms with Crippen molar-refractivity contribution in [3.05, 3.63) is 24.0 Å². The molecule has 0 radical (unpaired) electrons. The number of nitrogens with two attached hydrogens (primary N) is 1. The number of carbonyl (C=O) groups is 1. The number of hydrogen-bond donors (Lipinski definition) is 2. The lowest BCUT2D eigenvalue weighted by Gasteiger charge is -2.03. The molecule has 0 aliphatic heterocycles. The van der Waals surface area contributed by atoms with E-state index in [0.29, 0.717) is 4.90 Å². The first kappa shape index (κ1) is 12.3. The van der Waals surface area contributed by atoms with Gasteiger partial charge < -0.3 is 11.1 Å². The Morgan fingerprint density at radius 2 is 2.38 bits per heavy atom. The largest absolute Gasteiger partial charge is 0.396 e. The fourth-order valence-corrected chi connectivity index (χ4v) is 1.69. The molecule has 6 heteroatoms. The predicted octanol–water partition coefficient (Wildman–Crippen LogP) is 1.14. The van der Waals surface area contributed by atoms with E-state index in [1.165, 1.54) is 23.9 Å². The van der Waals surface area contributed by atoms with Gasteiger partial charge in [0.15, 0.2) is 0 Å². The average Bonchev–Trinajstić information content (AvgIpc) is 2.28. The van der Waals surface area contributed by atoms with E-state index in [0.717, 1.165) is 0 Å². The molecule has 84 valence electrons. The summed E-state index contributed by atoms with van der Waals surface area (Å²) in [4.78, 5) is 11.7. The molecule has 0 saturated carbocycles. The molecule has 1 aromatic rings. The summed E-state index contributed by atoms with van der Waals surface area (Å²) in [7, 11) is 0. The summed E-state index contributed by atoms with van der Waals surface area (Å²) in [6.45, 7) is -0.0184. The van der Waals surface area contributed by atoms with Crippen LogP contribution in [0, 0.1) is 17.1 Å². The topological polar surface area (TPSA) is 78.9 Å². The van der Waals surface area contributed by atoms with Gasteiger partial charge in [-0.1, -0.05) is 0 Å². The second-order valence-electron chi connectivity index (χ2n) is 2.91.